The van der Waals surface area contributed by atoms with Crippen LogP contribution < -0.4 is 5.19 Å². The van der Waals surface area contributed by atoms with Crippen LogP contribution in [0.15, 0.2) is 15.1 Å². The molecular formula is C17H27BrF2N2OSSi. The molecule has 0 bridgehead atoms. The van der Waals surface area contributed by atoms with Gasteiger partial charge in [0, 0.05) is 0 Å². The quantitative estimate of drug-likeness (QED) is 0.255. The minimum absolute atomic E-state index is 0.128. The molecule has 0 amide bonds. The van der Waals surface area contributed by atoms with Gasteiger partial charge in [-0.1, -0.05) is 43.3 Å². The molecule has 0 aliphatic carbocycles. The van der Waals surface area contributed by atoms with E-state index in [2.05, 4.69) is 46.1 Å². The highest BCUT2D eigenvalue weighted by Gasteiger charge is 2.35. The average Bonchev–Trinajstić information content (AvgIpc) is 2.56. The first-order valence-corrected chi connectivity index (χ1v) is 13.0. The molecule has 0 saturated heterocycles. The highest BCUT2D eigenvalue weighted by atomic mass is 79.9. The van der Waals surface area contributed by atoms with Crippen LogP contribution in [-0.4, -0.2) is 34.7 Å². The first-order chi connectivity index (χ1) is 11.6. The molecule has 0 saturated carbocycles. The van der Waals surface area contributed by atoms with E-state index >= 15 is 4.39 Å². The van der Waals surface area contributed by atoms with E-state index in [-0.39, 0.29) is 11.4 Å². The second-order valence-corrected chi connectivity index (χ2v) is 15.0. The summed E-state index contributed by atoms with van der Waals surface area (Å²) in [5.41, 5.74) is -0.323. The van der Waals surface area contributed by atoms with Crippen molar-refractivity contribution < 1.29 is 13.3 Å². The molecule has 0 aliphatic heterocycles. The molecule has 0 radical (unpaired) electrons. The maximum absolute atomic E-state index is 15.3. The standard InChI is InChI=1S/C17H27BrF2N2OSSi/c1-7-25(8-2,9-3)13-10-14(18)21-16(15(13)20)12(11-19)22-24(23)17(4,5)6/h10H,7-9,11H2,1-6H3. The van der Waals surface area contributed by atoms with Crippen LogP contribution in [-0.2, 0) is 11.4 Å². The third kappa shape index (κ3) is 5.11. The van der Waals surface area contributed by atoms with Crippen molar-refractivity contribution in [1.82, 2.24) is 4.98 Å². The molecule has 3 nitrogen and oxygen atoms in total. The fourth-order valence-electron chi connectivity index (χ4n) is 2.76. The van der Waals surface area contributed by atoms with Crippen LogP contribution in [0, 0.1) is 5.82 Å². The summed E-state index contributed by atoms with van der Waals surface area (Å²) in [6.07, 6.45) is 0. The first kappa shape index (κ1) is 22.7. The van der Waals surface area contributed by atoms with Gasteiger partial charge in [-0.15, -0.1) is 0 Å². The van der Waals surface area contributed by atoms with Gasteiger partial charge in [0.05, 0.1) is 8.07 Å². The van der Waals surface area contributed by atoms with Gasteiger partial charge in [-0.3, -0.25) is 0 Å². The molecule has 1 rings (SSSR count). The number of halogens is 3. The van der Waals surface area contributed by atoms with Crippen LogP contribution in [0.1, 0.15) is 47.2 Å². The molecule has 1 unspecified atom stereocenters. The van der Waals surface area contributed by atoms with Crippen molar-refractivity contribution in [1.29, 1.82) is 0 Å². The molecular weight excluding hydrogens is 426 g/mol. The lowest BCUT2D eigenvalue weighted by atomic mass is 10.2. The summed E-state index contributed by atoms with van der Waals surface area (Å²) in [5, 5.41) is 0.638. The number of aromatic nitrogens is 1. The van der Waals surface area contributed by atoms with Crippen molar-refractivity contribution >= 4 is 46.3 Å². The summed E-state index contributed by atoms with van der Waals surface area (Å²) in [6.45, 7) is 10.4. The summed E-state index contributed by atoms with van der Waals surface area (Å²) in [6, 6.07) is 4.40. The normalized spacial score (nSPS) is 14.7. The largest absolute Gasteiger partial charge is 0.591 e. The molecule has 0 fully saturated rings. The van der Waals surface area contributed by atoms with Gasteiger partial charge in [0.2, 0.25) is 0 Å². The summed E-state index contributed by atoms with van der Waals surface area (Å²) < 4.78 is 44.9. The van der Waals surface area contributed by atoms with Gasteiger partial charge in [-0.2, -0.15) is 0 Å². The molecule has 1 aromatic rings. The molecule has 0 spiro atoms. The van der Waals surface area contributed by atoms with Gasteiger partial charge in [0.1, 0.15) is 38.9 Å². The number of alkyl halides is 1. The second-order valence-electron chi connectivity index (χ2n) is 7.03. The van der Waals surface area contributed by atoms with E-state index in [0.717, 1.165) is 18.1 Å². The molecule has 1 heterocycles. The lowest BCUT2D eigenvalue weighted by Crippen LogP contribution is -2.48. The molecule has 0 aromatic carbocycles. The van der Waals surface area contributed by atoms with Crippen molar-refractivity contribution in [3.8, 4) is 0 Å². The SMILES string of the molecule is CC[Si](CC)(CC)c1cc(Br)nc(C(CF)=N[S+]([O-])C(C)(C)C)c1F. The van der Waals surface area contributed by atoms with Crippen LogP contribution in [0.25, 0.3) is 0 Å². The Labute approximate surface area is 162 Å². The van der Waals surface area contributed by atoms with Crippen molar-refractivity contribution in [3.63, 3.8) is 0 Å². The van der Waals surface area contributed by atoms with Crippen molar-refractivity contribution in [3.05, 3.63) is 22.2 Å². The Morgan fingerprint density at radius 2 is 1.80 bits per heavy atom. The fraction of sp³-hybridized carbons (Fsp3) is 0.647. The van der Waals surface area contributed by atoms with E-state index in [1.165, 1.54) is 0 Å². The van der Waals surface area contributed by atoms with E-state index in [1.54, 1.807) is 26.8 Å². The Morgan fingerprint density at radius 1 is 1.28 bits per heavy atom. The number of nitrogens with zero attached hydrogens (tertiary/aromatic N) is 2. The zero-order chi connectivity index (χ0) is 19.4. The van der Waals surface area contributed by atoms with E-state index in [0.29, 0.717) is 9.79 Å². The van der Waals surface area contributed by atoms with E-state index in [1.807, 2.05) is 0 Å². The third-order valence-electron chi connectivity index (χ3n) is 4.64. The molecule has 1 aromatic heterocycles. The third-order valence-corrected chi connectivity index (χ3v) is 12.1. The van der Waals surface area contributed by atoms with Gasteiger partial charge >= 0.3 is 0 Å². The van der Waals surface area contributed by atoms with Crippen molar-refractivity contribution in [2.45, 2.75) is 64.4 Å². The maximum atomic E-state index is 15.3. The number of rotatable bonds is 7. The molecule has 142 valence electrons. The Balaban J connectivity index is 3.59. The lowest BCUT2D eigenvalue weighted by Gasteiger charge is -2.29. The number of hydrogen-bond acceptors (Lipinski definition) is 3. The maximum Gasteiger partial charge on any atom is 0.151 e. The summed E-state index contributed by atoms with van der Waals surface area (Å²) >= 11 is 1.64. The van der Waals surface area contributed by atoms with Crippen LogP contribution in [0.2, 0.25) is 18.1 Å². The Kier molecular flexibility index (Phi) is 8.23. The van der Waals surface area contributed by atoms with Crippen LogP contribution in [0.3, 0.4) is 0 Å². The molecule has 0 N–H and O–H groups in total. The first-order valence-electron chi connectivity index (χ1n) is 8.48. The van der Waals surface area contributed by atoms with Gasteiger partial charge in [-0.05, 0) is 48.0 Å². The van der Waals surface area contributed by atoms with Crippen molar-refractivity contribution in [2.24, 2.45) is 4.40 Å². The fourth-order valence-corrected chi connectivity index (χ4v) is 7.66. The summed E-state index contributed by atoms with van der Waals surface area (Å²) in [7, 11) is -2.03. The summed E-state index contributed by atoms with van der Waals surface area (Å²) in [4.78, 5) is 4.11. The zero-order valence-electron chi connectivity index (χ0n) is 15.8. The minimum Gasteiger partial charge on any atom is -0.591 e. The van der Waals surface area contributed by atoms with E-state index in [4.69, 9.17) is 0 Å². The van der Waals surface area contributed by atoms with Crippen LogP contribution >= 0.6 is 15.9 Å². The predicted molar refractivity (Wildman–Crippen MR) is 109 cm³/mol. The van der Waals surface area contributed by atoms with Crippen LogP contribution in [0.5, 0.6) is 0 Å². The average molecular weight is 453 g/mol. The molecule has 25 heavy (non-hydrogen) atoms. The monoisotopic (exact) mass is 452 g/mol. The Morgan fingerprint density at radius 3 is 2.20 bits per heavy atom. The van der Waals surface area contributed by atoms with Crippen LogP contribution in [0.4, 0.5) is 8.78 Å². The van der Waals surface area contributed by atoms with E-state index < -0.39 is 36.7 Å². The van der Waals surface area contributed by atoms with Crippen molar-refractivity contribution in [2.75, 3.05) is 6.67 Å². The number of pyridine rings is 1. The zero-order valence-corrected chi connectivity index (χ0v) is 19.2. The number of hydrogen-bond donors (Lipinski definition) is 0. The Hall–Kier alpha value is -0.313. The lowest BCUT2D eigenvalue weighted by molar-refractivity contribution is 0.557. The molecule has 0 aliphatic rings. The van der Waals surface area contributed by atoms with E-state index in [9.17, 15) is 8.94 Å². The Bertz CT molecular complexity index is 626. The second kappa shape index (κ2) is 9.06. The smallest absolute Gasteiger partial charge is 0.151 e. The van der Waals surface area contributed by atoms with Gasteiger partial charge in [0.25, 0.3) is 0 Å². The summed E-state index contributed by atoms with van der Waals surface area (Å²) in [5.74, 6) is -0.511. The van der Waals surface area contributed by atoms with Gasteiger partial charge in [0.15, 0.2) is 5.71 Å². The molecule has 8 heteroatoms. The van der Waals surface area contributed by atoms with Gasteiger partial charge < -0.3 is 4.55 Å². The van der Waals surface area contributed by atoms with Gasteiger partial charge in [-0.25, -0.2) is 13.8 Å². The molecule has 1 atom stereocenters. The highest BCUT2D eigenvalue weighted by molar-refractivity contribution is 9.10. The topological polar surface area (TPSA) is 48.3 Å². The minimum atomic E-state index is -2.03. The predicted octanol–water partition coefficient (Wildman–Crippen LogP) is 4.92. The highest BCUT2D eigenvalue weighted by Crippen LogP contribution is 2.25.